The number of aliphatic hydroxyl groups excluding tert-OH is 1. The number of aromatic nitrogens is 4. The molecule has 0 unspecified atom stereocenters. The van der Waals surface area contributed by atoms with E-state index in [-0.39, 0.29) is 19.6 Å². The number of hydrogen-bond donors (Lipinski definition) is 2. The summed E-state index contributed by atoms with van der Waals surface area (Å²) in [6.45, 7) is 1.75. The molecule has 2 atom stereocenters. The summed E-state index contributed by atoms with van der Waals surface area (Å²) >= 11 is 1.59. The average molecular weight is 495 g/mol. The van der Waals surface area contributed by atoms with Crippen LogP contribution < -0.4 is 10.1 Å². The highest BCUT2D eigenvalue weighted by Gasteiger charge is 2.23. The predicted molar refractivity (Wildman–Crippen MR) is 142 cm³/mol. The molecule has 2 N–H and O–H groups in total. The van der Waals surface area contributed by atoms with E-state index >= 15 is 0 Å². The second kappa shape index (κ2) is 11.2. The number of nitrogens with zero attached hydrogens (tertiary/aromatic N) is 5. The van der Waals surface area contributed by atoms with Gasteiger partial charge in [0.15, 0.2) is 5.13 Å². The lowest BCUT2D eigenvalue weighted by atomic mass is 9.93. The molecule has 186 valence electrons. The number of ether oxygens (including phenoxy) is 1. The summed E-state index contributed by atoms with van der Waals surface area (Å²) in [5, 5.41) is 19.0. The number of likely N-dealkylation sites (N-methyl/N-ethyl adjacent to an activating group) is 1. The van der Waals surface area contributed by atoms with E-state index in [0.29, 0.717) is 0 Å². The Morgan fingerprint density at radius 3 is 2.83 bits per heavy atom. The molecule has 0 spiro atoms. The van der Waals surface area contributed by atoms with Gasteiger partial charge >= 0.3 is 0 Å². The Hall–Kier alpha value is -3.01. The first kappa shape index (κ1) is 25.1. The molecule has 0 radical (unpaired) electrons. The monoisotopic (exact) mass is 494 g/mol. The first-order chi connectivity index (χ1) is 16.5. The highest BCUT2D eigenvalue weighted by atomic mass is 32.1. The smallest absolute Gasteiger partial charge is 0.184 e. The molecular formula is C26H34N6O2S. The van der Waals surface area contributed by atoms with Crippen LogP contribution in [0.1, 0.15) is 33.1 Å². The van der Waals surface area contributed by atoms with Crippen LogP contribution in [-0.4, -0.2) is 62.5 Å². The Morgan fingerprint density at radius 1 is 1.17 bits per heavy atom. The molecule has 1 saturated carbocycles. The first-order valence-electron chi connectivity index (χ1n) is 11.7. The summed E-state index contributed by atoms with van der Waals surface area (Å²) in [6, 6.07) is 9.78. The third-order valence-corrected chi connectivity index (χ3v) is 7.02. The first-order valence-corrected chi connectivity index (χ1v) is 12.5. The average Bonchev–Trinajstić information content (AvgIpc) is 3.46. The Kier molecular flexibility index (Phi) is 8.00. The van der Waals surface area contributed by atoms with Gasteiger partial charge < -0.3 is 20.1 Å². The largest absolute Gasteiger partial charge is 0.457 e. The number of rotatable bonds is 8. The van der Waals surface area contributed by atoms with Crippen LogP contribution in [0.4, 0.5) is 5.13 Å². The fourth-order valence-corrected chi connectivity index (χ4v) is 5.11. The van der Waals surface area contributed by atoms with Crippen molar-refractivity contribution in [2.24, 2.45) is 0 Å². The third kappa shape index (κ3) is 6.17. The van der Waals surface area contributed by atoms with Gasteiger partial charge in [-0.1, -0.05) is 31.6 Å². The molecule has 1 aliphatic rings. The zero-order chi connectivity index (χ0) is 23.5. The second-order valence-electron chi connectivity index (χ2n) is 9.03. The Morgan fingerprint density at radius 2 is 2.00 bits per heavy atom. The predicted octanol–water partition coefficient (Wildman–Crippen LogP) is 5.26. The molecule has 1 fully saturated rings. The van der Waals surface area contributed by atoms with E-state index in [4.69, 9.17) is 4.74 Å². The molecule has 5 rings (SSSR count). The topological polar surface area (TPSA) is 88.3 Å². The molecule has 0 amide bonds. The van der Waals surface area contributed by atoms with Crippen molar-refractivity contribution < 1.29 is 9.84 Å². The molecule has 9 heteroatoms. The maximum atomic E-state index is 10.3. The molecule has 8 nitrogen and oxygen atoms in total. The van der Waals surface area contributed by atoms with Crippen LogP contribution in [0, 0.1) is 0 Å². The lowest BCUT2D eigenvalue weighted by molar-refractivity contribution is 0.116. The zero-order valence-electron chi connectivity index (χ0n) is 19.5. The summed E-state index contributed by atoms with van der Waals surface area (Å²) in [5.41, 5.74) is 2.71. The molecular weight excluding hydrogens is 460 g/mol. The molecule has 0 bridgehead atoms. The van der Waals surface area contributed by atoms with Gasteiger partial charge in [0.25, 0.3) is 0 Å². The van der Waals surface area contributed by atoms with Crippen molar-refractivity contribution in [1.29, 1.82) is 0 Å². The van der Waals surface area contributed by atoms with Crippen molar-refractivity contribution in [2.75, 3.05) is 26.0 Å². The van der Waals surface area contributed by atoms with E-state index in [2.05, 4.69) is 39.4 Å². The maximum absolute atomic E-state index is 10.3. The van der Waals surface area contributed by atoms with Crippen LogP contribution in [-0.2, 0) is 6.54 Å². The molecule has 3 aromatic heterocycles. The SMILES string of the molecule is C.CN(C)CCn1cc(-c2cc(Oc3ccc4nc(N[C@@H]5CCCC[C@H]5O)sc4c3)ccn2)cn1. The van der Waals surface area contributed by atoms with E-state index < -0.39 is 0 Å². The van der Waals surface area contributed by atoms with Crippen molar-refractivity contribution in [3.8, 4) is 22.8 Å². The molecule has 1 aromatic carbocycles. The number of aliphatic hydroxyl groups is 1. The van der Waals surface area contributed by atoms with E-state index in [1.807, 2.05) is 47.4 Å². The molecule has 1 aliphatic carbocycles. The second-order valence-corrected chi connectivity index (χ2v) is 10.1. The minimum absolute atomic E-state index is 0. The quantitative estimate of drug-likeness (QED) is 0.345. The number of hydrogen-bond acceptors (Lipinski definition) is 8. The fraction of sp³-hybridized carbons (Fsp3) is 0.423. The summed E-state index contributed by atoms with van der Waals surface area (Å²) in [7, 11) is 4.10. The van der Waals surface area contributed by atoms with Gasteiger partial charge in [0, 0.05) is 36.6 Å². The molecule has 0 aliphatic heterocycles. The van der Waals surface area contributed by atoms with Crippen LogP contribution >= 0.6 is 11.3 Å². The van der Waals surface area contributed by atoms with Gasteiger partial charge in [-0.2, -0.15) is 5.10 Å². The standard InChI is InChI=1S/C25H30N6O2S.CH4/c1-30(2)11-12-31-16-17(15-27-31)22-13-19(9-10-26-22)33-18-7-8-21-24(14-18)34-25(29-21)28-20-5-3-4-6-23(20)32;/h7-10,13-16,20,23,32H,3-6,11-12H2,1-2H3,(H,28,29);1H4/t20-,23-;/m1./s1. The van der Waals surface area contributed by atoms with Gasteiger partial charge in [-0.3, -0.25) is 9.67 Å². The number of fused-ring (bicyclic) bond motifs is 1. The summed E-state index contributed by atoms with van der Waals surface area (Å²) in [5.74, 6) is 1.47. The van der Waals surface area contributed by atoms with Gasteiger partial charge in [0.1, 0.15) is 11.5 Å². The van der Waals surface area contributed by atoms with Gasteiger partial charge in [-0.05, 0) is 45.1 Å². The van der Waals surface area contributed by atoms with Crippen molar-refractivity contribution >= 4 is 26.7 Å². The van der Waals surface area contributed by atoms with Gasteiger partial charge in [-0.15, -0.1) is 0 Å². The number of nitrogens with one attached hydrogen (secondary N) is 1. The summed E-state index contributed by atoms with van der Waals surface area (Å²) < 4.78 is 9.13. The maximum Gasteiger partial charge on any atom is 0.184 e. The fourth-order valence-electron chi connectivity index (χ4n) is 4.16. The van der Waals surface area contributed by atoms with E-state index in [1.165, 1.54) is 0 Å². The van der Waals surface area contributed by atoms with Crippen molar-refractivity contribution in [3.63, 3.8) is 0 Å². The number of benzene rings is 1. The lowest BCUT2D eigenvalue weighted by Crippen LogP contribution is -2.36. The summed E-state index contributed by atoms with van der Waals surface area (Å²) in [4.78, 5) is 11.3. The van der Waals surface area contributed by atoms with Gasteiger partial charge in [0.2, 0.25) is 0 Å². The van der Waals surface area contributed by atoms with Gasteiger partial charge in [0.05, 0.1) is 40.8 Å². The Balaban J connectivity index is 0.00000289. The Labute approximate surface area is 210 Å². The molecule has 0 saturated heterocycles. The molecule has 3 heterocycles. The van der Waals surface area contributed by atoms with Crippen LogP contribution in [0.25, 0.3) is 21.5 Å². The van der Waals surface area contributed by atoms with Crippen LogP contribution in [0.3, 0.4) is 0 Å². The van der Waals surface area contributed by atoms with Crippen LogP contribution in [0.2, 0.25) is 0 Å². The zero-order valence-corrected chi connectivity index (χ0v) is 20.3. The number of pyridine rings is 1. The van der Waals surface area contributed by atoms with Crippen LogP contribution in [0.5, 0.6) is 11.5 Å². The number of anilines is 1. The van der Waals surface area contributed by atoms with Crippen molar-refractivity contribution in [2.45, 2.75) is 51.8 Å². The van der Waals surface area contributed by atoms with Gasteiger partial charge in [-0.25, -0.2) is 4.98 Å². The van der Waals surface area contributed by atoms with E-state index in [0.717, 1.165) is 76.9 Å². The van der Waals surface area contributed by atoms with Crippen molar-refractivity contribution in [3.05, 3.63) is 48.9 Å². The molecule has 4 aromatic rings. The van der Waals surface area contributed by atoms with E-state index in [1.54, 1.807) is 17.5 Å². The normalized spacial score (nSPS) is 17.9. The highest BCUT2D eigenvalue weighted by molar-refractivity contribution is 7.22. The lowest BCUT2D eigenvalue weighted by Gasteiger charge is -2.27. The molecule has 35 heavy (non-hydrogen) atoms. The minimum Gasteiger partial charge on any atom is -0.457 e. The Bertz CT molecular complexity index is 1250. The third-order valence-electron chi connectivity index (χ3n) is 6.07. The summed E-state index contributed by atoms with van der Waals surface area (Å²) in [6.07, 6.45) is 9.36. The highest BCUT2D eigenvalue weighted by Crippen LogP contribution is 2.33. The minimum atomic E-state index is -0.305. The number of thiazole rings is 1. The van der Waals surface area contributed by atoms with Crippen molar-refractivity contribution in [1.82, 2.24) is 24.6 Å². The van der Waals surface area contributed by atoms with Crippen LogP contribution in [0.15, 0.2) is 48.9 Å². The van der Waals surface area contributed by atoms with E-state index in [9.17, 15) is 5.11 Å².